The van der Waals surface area contributed by atoms with Gasteiger partial charge in [0.05, 0.1) is 0 Å². The molecule has 0 N–H and O–H groups in total. The van der Waals surface area contributed by atoms with Crippen molar-refractivity contribution in [1.29, 1.82) is 0 Å². The minimum Gasteiger partial charge on any atom is -0.305 e. The van der Waals surface area contributed by atoms with E-state index in [0.29, 0.717) is 5.92 Å². The van der Waals surface area contributed by atoms with Gasteiger partial charge in [-0.3, -0.25) is 4.98 Å². The zero-order chi connectivity index (χ0) is 28.7. The number of hydrogen-bond donors (Lipinski definition) is 0. The summed E-state index contributed by atoms with van der Waals surface area (Å²) in [5, 5.41) is 1.15. The summed E-state index contributed by atoms with van der Waals surface area (Å²) in [4.78, 5) is 10.2. The van der Waals surface area contributed by atoms with E-state index in [1.54, 1.807) is 6.20 Å². The molecular weight excluding hydrogens is 721 g/mol. The first-order valence-electron chi connectivity index (χ1n) is 14.1. The minimum atomic E-state index is 0. The first-order valence-corrected chi connectivity index (χ1v) is 14.9. The first-order chi connectivity index (χ1) is 20.7. The average molecular weight is 751 g/mol. The van der Waals surface area contributed by atoms with Crippen LogP contribution in [0.3, 0.4) is 0 Å². The van der Waals surface area contributed by atoms with Crippen molar-refractivity contribution in [3.63, 3.8) is 0 Å². The number of aromatic nitrogens is 2. The second-order valence-corrected chi connectivity index (χ2v) is 11.4. The van der Waals surface area contributed by atoms with Gasteiger partial charge in [-0.05, 0) is 50.0 Å². The molecule has 0 fully saturated rings. The van der Waals surface area contributed by atoms with E-state index in [9.17, 15) is 0 Å². The van der Waals surface area contributed by atoms with Crippen molar-refractivity contribution in [3.8, 4) is 44.1 Å². The summed E-state index contributed by atoms with van der Waals surface area (Å²) in [5.74, 6) is 0.468. The van der Waals surface area contributed by atoms with E-state index >= 15 is 0 Å². The molecule has 43 heavy (non-hydrogen) atoms. The van der Waals surface area contributed by atoms with Crippen molar-refractivity contribution >= 4 is 21.4 Å². The van der Waals surface area contributed by atoms with Gasteiger partial charge in [-0.1, -0.05) is 104 Å². The van der Waals surface area contributed by atoms with Crippen LogP contribution in [0, 0.1) is 12.1 Å². The predicted octanol–water partition coefficient (Wildman–Crippen LogP) is 10.8. The molecule has 0 aliphatic carbocycles. The molecule has 0 spiro atoms. The van der Waals surface area contributed by atoms with Crippen LogP contribution in [-0.4, -0.2) is 9.97 Å². The van der Waals surface area contributed by atoms with Gasteiger partial charge in [0.25, 0.3) is 0 Å². The molecule has 0 saturated carbocycles. The zero-order valence-electron chi connectivity index (χ0n) is 24.0. The summed E-state index contributed by atoms with van der Waals surface area (Å²) in [6, 6.07) is 50.5. The molecule has 4 aromatic carbocycles. The topological polar surface area (TPSA) is 25.8 Å². The van der Waals surface area contributed by atoms with Gasteiger partial charge in [0, 0.05) is 38.2 Å². The first kappa shape index (κ1) is 30.3. The minimum absolute atomic E-state index is 0. The molecule has 3 heterocycles. The second-order valence-electron chi connectivity index (χ2n) is 10.3. The van der Waals surface area contributed by atoms with E-state index < -0.39 is 0 Å². The van der Waals surface area contributed by atoms with Crippen LogP contribution in [0.4, 0.5) is 0 Å². The molecular formula is C39H30IrN2S-2. The molecule has 0 bridgehead atoms. The van der Waals surface area contributed by atoms with Gasteiger partial charge in [-0.2, -0.15) is 11.3 Å². The fourth-order valence-corrected chi connectivity index (χ4v) is 5.98. The van der Waals surface area contributed by atoms with E-state index in [2.05, 4.69) is 121 Å². The van der Waals surface area contributed by atoms with Crippen molar-refractivity contribution < 1.29 is 20.1 Å². The Labute approximate surface area is 271 Å². The number of rotatable bonds is 5. The molecule has 0 atom stereocenters. The number of pyridine rings is 2. The van der Waals surface area contributed by atoms with Crippen LogP contribution < -0.4 is 0 Å². The van der Waals surface area contributed by atoms with Gasteiger partial charge in [-0.25, -0.2) is 0 Å². The number of thiophene rings is 1. The van der Waals surface area contributed by atoms with Crippen LogP contribution in [0.2, 0.25) is 0 Å². The average Bonchev–Trinajstić information content (AvgIpc) is 3.51. The summed E-state index contributed by atoms with van der Waals surface area (Å²) in [6.45, 7) is 4.43. The fraction of sp³-hybridized carbons (Fsp3) is 0.0769. The SMILES string of the molecule is CC(C)c1ccnc(-c2[c-]c3cc(-c4ccccc4)sc3c(-c3ccccc3)c2)c1.[Ir].[c-]1ccccc1-c1ccccn1. The van der Waals surface area contributed by atoms with Gasteiger partial charge >= 0.3 is 0 Å². The molecule has 0 saturated heterocycles. The summed E-state index contributed by atoms with van der Waals surface area (Å²) < 4.78 is 1.27. The number of fused-ring (bicyclic) bond motifs is 1. The second kappa shape index (κ2) is 14.3. The smallest absolute Gasteiger partial charge is 0.0185 e. The third-order valence-corrected chi connectivity index (χ3v) is 8.27. The molecule has 213 valence electrons. The van der Waals surface area contributed by atoms with Crippen LogP contribution in [0.15, 0.2) is 140 Å². The third-order valence-electron chi connectivity index (χ3n) is 7.05. The normalized spacial score (nSPS) is 10.6. The summed E-state index contributed by atoms with van der Waals surface area (Å²) in [7, 11) is 0. The summed E-state index contributed by atoms with van der Waals surface area (Å²) in [6.07, 6.45) is 3.70. The standard InChI is InChI=1S/C28H22NS.C11H8N.Ir/c1-19(2)22-13-14-29-26(17-22)23-15-24-18-27(21-11-7-4-8-12-21)30-28(24)25(16-23)20-9-5-3-6-10-20;1-2-6-10(7-3-1)11-8-4-5-9-12-11;/h3-14,16-19H,1-2H3;1-6,8-9H;/q2*-1;. The quantitative estimate of drug-likeness (QED) is 0.164. The van der Waals surface area contributed by atoms with Gasteiger partial charge in [0.15, 0.2) is 0 Å². The fourth-order valence-electron chi connectivity index (χ4n) is 4.82. The molecule has 0 aliphatic heterocycles. The van der Waals surface area contributed by atoms with Crippen molar-refractivity contribution in [2.45, 2.75) is 19.8 Å². The molecule has 1 radical (unpaired) electrons. The Morgan fingerprint density at radius 3 is 2.00 bits per heavy atom. The molecule has 4 heteroatoms. The van der Waals surface area contributed by atoms with Crippen LogP contribution in [0.1, 0.15) is 25.3 Å². The zero-order valence-corrected chi connectivity index (χ0v) is 27.2. The van der Waals surface area contributed by atoms with Gasteiger partial charge in [-0.15, -0.1) is 59.5 Å². The molecule has 0 amide bonds. The van der Waals surface area contributed by atoms with Crippen molar-refractivity contribution in [2.75, 3.05) is 0 Å². The third kappa shape index (κ3) is 7.24. The van der Waals surface area contributed by atoms with Crippen LogP contribution in [0.25, 0.3) is 54.2 Å². The van der Waals surface area contributed by atoms with Gasteiger partial charge < -0.3 is 4.98 Å². The van der Waals surface area contributed by atoms with Gasteiger partial charge in [0.1, 0.15) is 0 Å². The van der Waals surface area contributed by atoms with E-state index in [0.717, 1.165) is 27.9 Å². The Kier molecular flexibility index (Phi) is 10.1. The van der Waals surface area contributed by atoms with Crippen molar-refractivity contribution in [3.05, 3.63) is 157 Å². The van der Waals surface area contributed by atoms with Crippen molar-refractivity contribution in [2.24, 2.45) is 0 Å². The molecule has 0 aliphatic rings. The van der Waals surface area contributed by atoms with Crippen LogP contribution >= 0.6 is 11.3 Å². The van der Waals surface area contributed by atoms with E-state index in [4.69, 9.17) is 0 Å². The maximum atomic E-state index is 4.67. The van der Waals surface area contributed by atoms with E-state index in [-0.39, 0.29) is 20.1 Å². The molecule has 7 rings (SSSR count). The predicted molar refractivity (Wildman–Crippen MR) is 177 cm³/mol. The maximum Gasteiger partial charge on any atom is 0.0185 e. The monoisotopic (exact) mass is 751 g/mol. The molecule has 2 nitrogen and oxygen atoms in total. The van der Waals surface area contributed by atoms with Gasteiger partial charge in [0.2, 0.25) is 0 Å². The van der Waals surface area contributed by atoms with Crippen molar-refractivity contribution in [1.82, 2.24) is 9.97 Å². The van der Waals surface area contributed by atoms with E-state index in [1.165, 1.54) is 31.8 Å². The van der Waals surface area contributed by atoms with E-state index in [1.807, 2.05) is 60.0 Å². The Hall–Kier alpha value is -4.21. The molecule has 3 aromatic heterocycles. The Morgan fingerprint density at radius 1 is 0.628 bits per heavy atom. The summed E-state index contributed by atoms with van der Waals surface area (Å²) >= 11 is 1.83. The maximum absolute atomic E-state index is 4.67. The number of nitrogens with zero attached hydrogens (tertiary/aromatic N) is 2. The van der Waals surface area contributed by atoms with Crippen LogP contribution in [0.5, 0.6) is 0 Å². The summed E-state index contributed by atoms with van der Waals surface area (Å²) in [5.41, 5.74) is 9.03. The number of benzene rings is 4. The number of hydrogen-bond acceptors (Lipinski definition) is 3. The Balaban J connectivity index is 0.000000238. The largest absolute Gasteiger partial charge is 0.305 e. The van der Waals surface area contributed by atoms with Crippen LogP contribution in [-0.2, 0) is 20.1 Å². The Bertz CT molecular complexity index is 1850. The Morgan fingerprint density at radius 2 is 1.33 bits per heavy atom. The molecule has 0 unspecified atom stereocenters. The molecule has 7 aromatic rings.